The third kappa shape index (κ3) is 2.96. The molecule has 0 aliphatic heterocycles. The van der Waals surface area contributed by atoms with Gasteiger partial charge in [0.25, 0.3) is 0 Å². The molecule has 0 amide bonds. The summed E-state index contributed by atoms with van der Waals surface area (Å²) in [5.41, 5.74) is 0. The topological polar surface area (TPSA) is 46.5 Å². The monoisotopic (exact) mass is 114 g/mol. The first-order valence-corrected chi connectivity index (χ1v) is 1.93. The lowest BCUT2D eigenvalue weighted by Gasteiger charge is -1.85. The van der Waals surface area contributed by atoms with Gasteiger partial charge in [0.2, 0.25) is 0 Å². The first kappa shape index (κ1) is 6.75. The Morgan fingerprint density at radius 2 is 2.38 bits per heavy atom. The summed E-state index contributed by atoms with van der Waals surface area (Å²) < 4.78 is 4.16. The van der Waals surface area contributed by atoms with E-state index in [1.807, 2.05) is 0 Å². The van der Waals surface area contributed by atoms with Crippen LogP contribution in [0.25, 0.3) is 0 Å². The van der Waals surface area contributed by atoms with Crippen molar-refractivity contribution in [3.05, 3.63) is 25.2 Å². The molecule has 3 nitrogen and oxygen atoms in total. The maximum Gasteiger partial charge on any atom is 0.338 e. The van der Waals surface area contributed by atoms with Gasteiger partial charge in [-0.25, -0.2) is 4.79 Å². The van der Waals surface area contributed by atoms with Crippen LogP contribution in [0.2, 0.25) is 0 Å². The third-order valence-electron chi connectivity index (χ3n) is 0.410. The number of rotatable bonds is 2. The highest BCUT2D eigenvalue weighted by atomic mass is 16.5. The fourth-order valence-corrected chi connectivity index (χ4v) is 0.182. The number of carbonyl (C=O) groups excluding carboxylic acids is 1. The van der Waals surface area contributed by atoms with Crippen molar-refractivity contribution < 1.29 is 14.6 Å². The average molecular weight is 114 g/mol. The Hall–Kier alpha value is -1.25. The van der Waals surface area contributed by atoms with Crippen molar-refractivity contribution in [2.45, 2.75) is 0 Å². The number of aliphatic hydroxyl groups excluding tert-OH is 1. The van der Waals surface area contributed by atoms with Crippen molar-refractivity contribution in [2.75, 3.05) is 0 Å². The van der Waals surface area contributed by atoms with E-state index in [9.17, 15) is 4.79 Å². The van der Waals surface area contributed by atoms with Gasteiger partial charge < -0.3 is 9.84 Å². The second-order valence-electron chi connectivity index (χ2n) is 0.919. The number of esters is 1. The van der Waals surface area contributed by atoms with Crippen molar-refractivity contribution in [1.82, 2.24) is 0 Å². The predicted octanol–water partition coefficient (Wildman–Crippen LogP) is 0.745. The zero-order valence-electron chi connectivity index (χ0n) is 4.20. The number of hydrogen-bond acceptors (Lipinski definition) is 3. The van der Waals surface area contributed by atoms with Crippen LogP contribution in [0.15, 0.2) is 25.2 Å². The molecule has 0 spiro atoms. The molecule has 0 aromatic carbocycles. The van der Waals surface area contributed by atoms with Gasteiger partial charge in [-0.05, 0) is 0 Å². The van der Waals surface area contributed by atoms with Gasteiger partial charge in [-0.1, -0.05) is 6.58 Å². The third-order valence-corrected chi connectivity index (χ3v) is 0.410. The Bertz CT molecular complexity index is 115. The Labute approximate surface area is 46.9 Å². The van der Waals surface area contributed by atoms with Gasteiger partial charge in [-0.3, -0.25) is 0 Å². The molecule has 0 saturated carbocycles. The Kier molecular flexibility index (Phi) is 3.31. The van der Waals surface area contributed by atoms with E-state index in [2.05, 4.69) is 11.3 Å². The molecule has 1 N–H and O–H groups in total. The molecule has 0 heterocycles. The van der Waals surface area contributed by atoms with Crippen LogP contribution in [0.4, 0.5) is 0 Å². The predicted molar refractivity (Wildman–Crippen MR) is 28.1 cm³/mol. The molecule has 0 aromatic heterocycles. The molecule has 0 rings (SSSR count). The highest BCUT2D eigenvalue weighted by Gasteiger charge is 1.87. The summed E-state index contributed by atoms with van der Waals surface area (Å²) in [7, 11) is 0. The molecule has 44 valence electrons. The number of carbonyl (C=O) groups is 1. The molecule has 0 saturated heterocycles. The standard InChI is InChI=1S/C5H6O3/c1-2-8-5(7)3-4-6/h2-4,6H,1H2/b4-3+. The van der Waals surface area contributed by atoms with Gasteiger partial charge in [0.1, 0.15) is 0 Å². The van der Waals surface area contributed by atoms with E-state index in [1.165, 1.54) is 0 Å². The van der Waals surface area contributed by atoms with Gasteiger partial charge in [0.15, 0.2) is 0 Å². The number of hydrogen-bond donors (Lipinski definition) is 1. The van der Waals surface area contributed by atoms with E-state index in [4.69, 9.17) is 5.11 Å². The maximum absolute atomic E-state index is 10.1. The van der Waals surface area contributed by atoms with Crippen molar-refractivity contribution in [3.8, 4) is 0 Å². The summed E-state index contributed by atoms with van der Waals surface area (Å²) in [6.07, 6.45) is 2.47. The summed E-state index contributed by atoms with van der Waals surface area (Å²) in [4.78, 5) is 10.1. The average Bonchev–Trinajstić information content (AvgIpc) is 1.68. The van der Waals surface area contributed by atoms with Gasteiger partial charge in [0.05, 0.1) is 18.6 Å². The zero-order valence-corrected chi connectivity index (χ0v) is 4.20. The van der Waals surface area contributed by atoms with Crippen molar-refractivity contribution >= 4 is 5.97 Å². The first-order valence-electron chi connectivity index (χ1n) is 1.93. The fraction of sp³-hybridized carbons (Fsp3) is 0. The largest absolute Gasteiger partial charge is 0.515 e. The van der Waals surface area contributed by atoms with E-state index in [0.29, 0.717) is 6.26 Å². The second-order valence-corrected chi connectivity index (χ2v) is 0.919. The SMILES string of the molecule is C=COC(=O)/C=C/O. The second kappa shape index (κ2) is 3.92. The van der Waals surface area contributed by atoms with E-state index in [-0.39, 0.29) is 0 Å². The molecular weight excluding hydrogens is 108 g/mol. The van der Waals surface area contributed by atoms with Crippen LogP contribution in [0.3, 0.4) is 0 Å². The molecule has 0 aliphatic rings. The van der Waals surface area contributed by atoms with Crippen LogP contribution >= 0.6 is 0 Å². The number of ether oxygens (including phenoxy) is 1. The van der Waals surface area contributed by atoms with Gasteiger partial charge in [-0.15, -0.1) is 0 Å². The minimum Gasteiger partial charge on any atom is -0.515 e. The van der Waals surface area contributed by atoms with E-state index in [1.54, 1.807) is 0 Å². The Balaban J connectivity index is 3.48. The smallest absolute Gasteiger partial charge is 0.338 e. The first-order chi connectivity index (χ1) is 3.81. The summed E-state index contributed by atoms with van der Waals surface area (Å²) >= 11 is 0. The summed E-state index contributed by atoms with van der Waals surface area (Å²) in [6, 6.07) is 0. The van der Waals surface area contributed by atoms with Crippen LogP contribution in [-0.2, 0) is 9.53 Å². The highest BCUT2D eigenvalue weighted by Crippen LogP contribution is 1.77. The van der Waals surface area contributed by atoms with E-state index < -0.39 is 5.97 Å². The van der Waals surface area contributed by atoms with E-state index in [0.717, 1.165) is 12.3 Å². The van der Waals surface area contributed by atoms with Crippen molar-refractivity contribution in [3.63, 3.8) is 0 Å². The molecule has 0 unspecified atom stereocenters. The lowest BCUT2D eigenvalue weighted by molar-refractivity contribution is -0.132. The van der Waals surface area contributed by atoms with Crippen LogP contribution in [0, 0.1) is 0 Å². The quantitative estimate of drug-likeness (QED) is 0.327. The van der Waals surface area contributed by atoms with Crippen LogP contribution in [0.5, 0.6) is 0 Å². The Morgan fingerprint density at radius 1 is 1.75 bits per heavy atom. The molecule has 0 bridgehead atoms. The highest BCUT2D eigenvalue weighted by molar-refractivity contribution is 5.81. The molecule has 8 heavy (non-hydrogen) atoms. The molecule has 0 radical (unpaired) electrons. The lowest BCUT2D eigenvalue weighted by atomic mass is 10.6. The lowest BCUT2D eigenvalue weighted by Crippen LogP contribution is -1.91. The minimum absolute atomic E-state index is 0.603. The molecule has 3 heteroatoms. The maximum atomic E-state index is 10.1. The van der Waals surface area contributed by atoms with Gasteiger partial charge in [-0.2, -0.15) is 0 Å². The van der Waals surface area contributed by atoms with Crippen molar-refractivity contribution in [1.29, 1.82) is 0 Å². The van der Waals surface area contributed by atoms with Crippen LogP contribution in [-0.4, -0.2) is 11.1 Å². The summed E-state index contributed by atoms with van der Waals surface area (Å²) in [5.74, 6) is -0.637. The molecule has 0 atom stereocenters. The van der Waals surface area contributed by atoms with Crippen LogP contribution < -0.4 is 0 Å². The Morgan fingerprint density at radius 3 is 2.75 bits per heavy atom. The minimum atomic E-state index is -0.637. The summed E-state index contributed by atoms with van der Waals surface area (Å²) in [5, 5.41) is 7.95. The molecular formula is C5H6O3. The normalized spacial score (nSPS) is 9.00. The van der Waals surface area contributed by atoms with Crippen molar-refractivity contribution in [2.24, 2.45) is 0 Å². The fourth-order valence-electron chi connectivity index (χ4n) is 0.182. The molecule has 0 aromatic rings. The zero-order chi connectivity index (χ0) is 6.41. The molecule has 0 aliphatic carbocycles. The van der Waals surface area contributed by atoms with Gasteiger partial charge in [0, 0.05) is 0 Å². The van der Waals surface area contributed by atoms with E-state index >= 15 is 0 Å². The number of aliphatic hydroxyl groups is 1. The molecule has 0 fully saturated rings. The van der Waals surface area contributed by atoms with Gasteiger partial charge >= 0.3 is 5.97 Å². The van der Waals surface area contributed by atoms with Crippen LogP contribution in [0.1, 0.15) is 0 Å². The summed E-state index contributed by atoms with van der Waals surface area (Å²) in [6.45, 7) is 3.12.